The normalized spacial score (nSPS) is 12.3. The Labute approximate surface area is 111 Å². The summed E-state index contributed by atoms with van der Waals surface area (Å²) < 4.78 is 0. The number of rotatable bonds is 6. The van der Waals surface area contributed by atoms with Crippen molar-refractivity contribution < 1.29 is 19.8 Å². The Kier molecular flexibility index (Phi) is 5.60. The third-order valence-corrected chi connectivity index (χ3v) is 2.62. The molecule has 1 atom stereocenters. The fourth-order valence-corrected chi connectivity index (χ4v) is 1.35. The molecule has 0 radical (unpaired) electrons. The van der Waals surface area contributed by atoms with E-state index < -0.39 is 11.9 Å². The van der Waals surface area contributed by atoms with Gasteiger partial charge in [0.05, 0.1) is 5.92 Å². The van der Waals surface area contributed by atoms with Crippen molar-refractivity contribution in [1.82, 2.24) is 5.32 Å². The van der Waals surface area contributed by atoms with Gasteiger partial charge in [-0.1, -0.05) is 19.1 Å². The lowest BCUT2D eigenvalue weighted by atomic mass is 10.1. The molecule has 0 saturated heterocycles. The molecule has 19 heavy (non-hydrogen) atoms. The van der Waals surface area contributed by atoms with Gasteiger partial charge in [-0.3, -0.25) is 9.59 Å². The van der Waals surface area contributed by atoms with Crippen LogP contribution in [0.25, 0.3) is 6.08 Å². The summed E-state index contributed by atoms with van der Waals surface area (Å²) in [5.41, 5.74) is 0.798. The summed E-state index contributed by atoms with van der Waals surface area (Å²) >= 11 is 0. The molecule has 5 nitrogen and oxygen atoms in total. The zero-order valence-electron chi connectivity index (χ0n) is 10.7. The van der Waals surface area contributed by atoms with Crippen molar-refractivity contribution in [2.24, 2.45) is 5.92 Å². The summed E-state index contributed by atoms with van der Waals surface area (Å²) in [6, 6.07) is 6.44. The number of hydrogen-bond donors (Lipinski definition) is 3. The minimum Gasteiger partial charge on any atom is -0.508 e. The lowest BCUT2D eigenvalue weighted by molar-refractivity contribution is -0.141. The Morgan fingerprint density at radius 2 is 1.95 bits per heavy atom. The zero-order valence-corrected chi connectivity index (χ0v) is 10.7. The van der Waals surface area contributed by atoms with Crippen LogP contribution >= 0.6 is 0 Å². The average molecular weight is 263 g/mol. The van der Waals surface area contributed by atoms with Crippen LogP contribution in [0.5, 0.6) is 5.75 Å². The Morgan fingerprint density at radius 1 is 1.32 bits per heavy atom. The SMILES string of the molecule is CC(CCNC(=O)/C=C/c1ccc(O)cc1)C(=O)O. The fraction of sp³-hybridized carbons (Fsp3) is 0.286. The number of carboxylic acid groups (broad SMARTS) is 1. The summed E-state index contributed by atoms with van der Waals surface area (Å²) in [6.45, 7) is 1.92. The van der Waals surface area contributed by atoms with E-state index in [1.165, 1.54) is 18.2 Å². The number of carboxylic acids is 1. The van der Waals surface area contributed by atoms with Crippen LogP contribution < -0.4 is 5.32 Å². The predicted octanol–water partition coefficient (Wildman–Crippen LogP) is 1.63. The van der Waals surface area contributed by atoms with Gasteiger partial charge in [0.1, 0.15) is 5.75 Å². The van der Waals surface area contributed by atoms with Gasteiger partial charge in [0.15, 0.2) is 0 Å². The van der Waals surface area contributed by atoms with E-state index in [0.29, 0.717) is 13.0 Å². The van der Waals surface area contributed by atoms with Gasteiger partial charge in [-0.05, 0) is 30.2 Å². The number of amides is 1. The third-order valence-electron chi connectivity index (χ3n) is 2.62. The Balaban J connectivity index is 2.35. The van der Waals surface area contributed by atoms with Gasteiger partial charge in [0, 0.05) is 12.6 Å². The molecule has 1 unspecified atom stereocenters. The standard InChI is InChI=1S/C14H17NO4/c1-10(14(18)19)8-9-15-13(17)7-4-11-2-5-12(16)6-3-11/h2-7,10,16H,8-9H2,1H3,(H,15,17)(H,18,19)/b7-4+. The second-order valence-electron chi connectivity index (χ2n) is 4.24. The first-order chi connectivity index (χ1) is 8.99. The molecule has 0 aliphatic carbocycles. The minimum atomic E-state index is -0.867. The van der Waals surface area contributed by atoms with Gasteiger partial charge >= 0.3 is 5.97 Å². The Bertz CT molecular complexity index is 465. The van der Waals surface area contributed by atoms with Gasteiger partial charge < -0.3 is 15.5 Å². The first-order valence-electron chi connectivity index (χ1n) is 5.97. The fourth-order valence-electron chi connectivity index (χ4n) is 1.35. The van der Waals surface area contributed by atoms with Crippen molar-refractivity contribution in [1.29, 1.82) is 0 Å². The van der Waals surface area contributed by atoms with E-state index in [2.05, 4.69) is 5.32 Å². The van der Waals surface area contributed by atoms with Crippen LogP contribution in [-0.4, -0.2) is 28.6 Å². The quantitative estimate of drug-likeness (QED) is 0.681. The molecular weight excluding hydrogens is 246 g/mol. The summed E-state index contributed by atoms with van der Waals surface area (Å²) in [5, 5.41) is 20.4. The number of carbonyl (C=O) groups excluding carboxylic acids is 1. The molecular formula is C14H17NO4. The second kappa shape index (κ2) is 7.20. The van der Waals surface area contributed by atoms with Gasteiger partial charge in [-0.15, -0.1) is 0 Å². The van der Waals surface area contributed by atoms with E-state index in [4.69, 9.17) is 10.2 Å². The van der Waals surface area contributed by atoms with Crippen LogP contribution in [0.1, 0.15) is 18.9 Å². The van der Waals surface area contributed by atoms with Crippen molar-refractivity contribution in [3.05, 3.63) is 35.9 Å². The van der Waals surface area contributed by atoms with E-state index in [1.807, 2.05) is 0 Å². The number of hydrogen-bond acceptors (Lipinski definition) is 3. The van der Waals surface area contributed by atoms with E-state index >= 15 is 0 Å². The number of aromatic hydroxyl groups is 1. The van der Waals surface area contributed by atoms with Crippen LogP contribution in [0.3, 0.4) is 0 Å². The molecule has 0 saturated carbocycles. The summed E-state index contributed by atoms with van der Waals surface area (Å²) in [4.78, 5) is 22.0. The molecule has 1 rings (SSSR count). The highest BCUT2D eigenvalue weighted by atomic mass is 16.4. The molecule has 1 amide bonds. The van der Waals surface area contributed by atoms with Crippen molar-refractivity contribution in [2.75, 3.05) is 6.54 Å². The number of aliphatic carboxylic acids is 1. The lowest BCUT2D eigenvalue weighted by Gasteiger charge is -2.05. The summed E-state index contributed by atoms with van der Waals surface area (Å²) in [6.07, 6.45) is 3.39. The van der Waals surface area contributed by atoms with Crippen LogP contribution in [0.15, 0.2) is 30.3 Å². The maximum atomic E-state index is 11.4. The monoisotopic (exact) mass is 263 g/mol. The van der Waals surface area contributed by atoms with Crippen molar-refractivity contribution in [3.63, 3.8) is 0 Å². The molecule has 1 aromatic rings. The smallest absolute Gasteiger partial charge is 0.306 e. The van der Waals surface area contributed by atoms with E-state index in [-0.39, 0.29) is 11.7 Å². The molecule has 0 spiro atoms. The molecule has 0 bridgehead atoms. The first kappa shape index (κ1) is 14.8. The lowest BCUT2D eigenvalue weighted by Crippen LogP contribution is -2.25. The van der Waals surface area contributed by atoms with E-state index in [1.54, 1.807) is 25.1 Å². The molecule has 1 aromatic carbocycles. The number of benzene rings is 1. The van der Waals surface area contributed by atoms with Crippen LogP contribution in [0.4, 0.5) is 0 Å². The molecule has 0 aliphatic heterocycles. The molecule has 0 aliphatic rings. The molecule has 5 heteroatoms. The van der Waals surface area contributed by atoms with Crippen LogP contribution in [0.2, 0.25) is 0 Å². The molecule has 0 heterocycles. The van der Waals surface area contributed by atoms with Crippen molar-refractivity contribution in [2.45, 2.75) is 13.3 Å². The van der Waals surface area contributed by atoms with Crippen LogP contribution in [-0.2, 0) is 9.59 Å². The maximum absolute atomic E-state index is 11.4. The first-order valence-corrected chi connectivity index (χ1v) is 5.97. The van der Waals surface area contributed by atoms with Gasteiger partial charge in [0.2, 0.25) is 5.91 Å². The highest BCUT2D eigenvalue weighted by Crippen LogP contribution is 2.10. The van der Waals surface area contributed by atoms with Crippen molar-refractivity contribution >= 4 is 18.0 Å². The number of phenolic OH excluding ortho intramolecular Hbond substituents is 1. The number of nitrogens with one attached hydrogen (secondary N) is 1. The number of phenols is 1. The van der Waals surface area contributed by atoms with Crippen LogP contribution in [0, 0.1) is 5.92 Å². The second-order valence-corrected chi connectivity index (χ2v) is 4.24. The molecule has 102 valence electrons. The Morgan fingerprint density at radius 3 is 2.53 bits per heavy atom. The average Bonchev–Trinajstić information content (AvgIpc) is 2.37. The largest absolute Gasteiger partial charge is 0.508 e. The number of carbonyl (C=O) groups is 2. The topological polar surface area (TPSA) is 86.6 Å². The summed E-state index contributed by atoms with van der Waals surface area (Å²) in [7, 11) is 0. The van der Waals surface area contributed by atoms with Gasteiger partial charge in [-0.25, -0.2) is 0 Å². The minimum absolute atomic E-state index is 0.171. The van der Waals surface area contributed by atoms with Gasteiger partial charge in [0.25, 0.3) is 0 Å². The van der Waals surface area contributed by atoms with Gasteiger partial charge in [-0.2, -0.15) is 0 Å². The van der Waals surface area contributed by atoms with Crippen molar-refractivity contribution in [3.8, 4) is 5.75 Å². The maximum Gasteiger partial charge on any atom is 0.306 e. The Hall–Kier alpha value is -2.30. The molecule has 3 N–H and O–H groups in total. The zero-order chi connectivity index (χ0) is 14.3. The predicted molar refractivity (Wildman–Crippen MR) is 71.6 cm³/mol. The van der Waals surface area contributed by atoms with E-state index in [9.17, 15) is 9.59 Å². The highest BCUT2D eigenvalue weighted by Gasteiger charge is 2.09. The molecule has 0 fully saturated rings. The molecule has 0 aromatic heterocycles. The third kappa shape index (κ3) is 5.72. The summed E-state index contributed by atoms with van der Waals surface area (Å²) in [5.74, 6) is -1.44. The highest BCUT2D eigenvalue weighted by molar-refractivity contribution is 5.91. The van der Waals surface area contributed by atoms with E-state index in [0.717, 1.165) is 5.56 Å².